The van der Waals surface area contributed by atoms with Crippen LogP contribution in [0.1, 0.15) is 0 Å². The van der Waals surface area contributed by atoms with Gasteiger partial charge in [-0.15, -0.1) is 20.4 Å². The summed E-state index contributed by atoms with van der Waals surface area (Å²) in [6.07, 6.45) is 0. The first-order chi connectivity index (χ1) is 27.7. The van der Waals surface area contributed by atoms with Crippen LogP contribution in [0.15, 0.2) is 191 Å². The van der Waals surface area contributed by atoms with Crippen molar-refractivity contribution >= 4 is 11.0 Å². The molecule has 0 fully saturated rings. The van der Waals surface area contributed by atoms with E-state index in [9.17, 15) is 0 Å². The summed E-state index contributed by atoms with van der Waals surface area (Å²) in [6.45, 7) is 0. The standard InChI is InChI=1S/C48H30N6O2/c1-3-9-37(10-4-1)45-51-53-47(55-45)39-27-19-33(20-28-39)31-15-23-35(24-16-31)43-44(50-42-14-8-7-13-41(42)49-43)36-25-17-32(18-26-36)34-21-29-40(30-22-34)48-54-52-46(56-48)38-11-5-2-6-12-38/h1-30H. The van der Waals surface area contributed by atoms with E-state index in [1.54, 1.807) is 0 Å². The van der Waals surface area contributed by atoms with Crippen LogP contribution >= 0.6 is 0 Å². The summed E-state index contributed by atoms with van der Waals surface area (Å²) in [5, 5.41) is 17.0. The number of fused-ring (bicyclic) bond motifs is 1. The van der Waals surface area contributed by atoms with E-state index < -0.39 is 0 Å². The molecule has 0 aliphatic heterocycles. The number of hydrogen-bond donors (Lipinski definition) is 0. The first kappa shape index (κ1) is 32.8. The monoisotopic (exact) mass is 722 g/mol. The SMILES string of the molecule is c1ccc(-c2nnc(-c3ccc(-c4ccc(-c5nc6ccccc6nc5-c5ccc(-c6ccc(-c7nnc(-c8ccccc8)o7)cc6)cc5)cc4)cc3)o2)cc1. The second-order valence-corrected chi connectivity index (χ2v) is 13.3. The Morgan fingerprint density at radius 1 is 0.232 bits per heavy atom. The number of nitrogens with zero attached hydrogens (tertiary/aromatic N) is 6. The van der Waals surface area contributed by atoms with Gasteiger partial charge in [0.25, 0.3) is 0 Å². The second kappa shape index (κ2) is 14.2. The Bertz CT molecular complexity index is 2720. The lowest BCUT2D eigenvalue weighted by molar-refractivity contribution is 0.584. The molecule has 10 rings (SSSR count). The van der Waals surface area contributed by atoms with Gasteiger partial charge in [0.15, 0.2) is 0 Å². The Morgan fingerprint density at radius 2 is 0.482 bits per heavy atom. The van der Waals surface area contributed by atoms with Crippen LogP contribution in [0, 0.1) is 0 Å². The van der Waals surface area contributed by atoms with Crippen molar-refractivity contribution in [2.24, 2.45) is 0 Å². The molecule has 0 amide bonds. The zero-order valence-corrected chi connectivity index (χ0v) is 29.8. The molecule has 8 nitrogen and oxygen atoms in total. The summed E-state index contributed by atoms with van der Waals surface area (Å²) in [4.78, 5) is 10.3. The summed E-state index contributed by atoms with van der Waals surface area (Å²) in [7, 11) is 0. The van der Waals surface area contributed by atoms with Crippen LogP contribution in [-0.2, 0) is 0 Å². The van der Waals surface area contributed by atoms with E-state index in [1.807, 2.05) is 109 Å². The predicted octanol–water partition coefficient (Wildman–Crippen LogP) is 11.7. The lowest BCUT2D eigenvalue weighted by atomic mass is 9.97. The van der Waals surface area contributed by atoms with Crippen molar-refractivity contribution < 1.29 is 8.83 Å². The summed E-state index contributed by atoms with van der Waals surface area (Å²) in [5.41, 5.74) is 13.1. The molecule has 10 aromatic rings. The van der Waals surface area contributed by atoms with E-state index in [-0.39, 0.29) is 0 Å². The minimum Gasteiger partial charge on any atom is -0.416 e. The first-order valence-corrected chi connectivity index (χ1v) is 18.2. The zero-order chi connectivity index (χ0) is 37.3. The highest BCUT2D eigenvalue weighted by molar-refractivity contribution is 5.87. The smallest absolute Gasteiger partial charge is 0.248 e. The summed E-state index contributed by atoms with van der Waals surface area (Å²) in [6, 6.07) is 60.7. The van der Waals surface area contributed by atoms with Gasteiger partial charge in [-0.1, -0.05) is 121 Å². The average molecular weight is 723 g/mol. The molecule has 0 N–H and O–H groups in total. The molecule has 3 heterocycles. The molecule has 56 heavy (non-hydrogen) atoms. The Labute approximate surface area is 321 Å². The Kier molecular flexibility index (Phi) is 8.31. The van der Waals surface area contributed by atoms with Crippen LogP contribution in [0.25, 0.3) is 102 Å². The van der Waals surface area contributed by atoms with Gasteiger partial charge in [-0.05, 0) is 82.9 Å². The molecule has 0 bridgehead atoms. The molecular weight excluding hydrogens is 693 g/mol. The van der Waals surface area contributed by atoms with E-state index in [2.05, 4.69) is 93.2 Å². The molecule has 0 atom stereocenters. The van der Waals surface area contributed by atoms with Crippen LogP contribution < -0.4 is 0 Å². The lowest BCUT2D eigenvalue weighted by Gasteiger charge is -2.12. The van der Waals surface area contributed by atoms with Gasteiger partial charge in [0.1, 0.15) is 0 Å². The van der Waals surface area contributed by atoms with Gasteiger partial charge < -0.3 is 8.83 Å². The van der Waals surface area contributed by atoms with Gasteiger partial charge in [0.2, 0.25) is 23.6 Å². The van der Waals surface area contributed by atoms with E-state index in [0.717, 1.165) is 78.1 Å². The molecule has 3 aromatic heterocycles. The van der Waals surface area contributed by atoms with Crippen molar-refractivity contribution in [3.63, 3.8) is 0 Å². The molecule has 0 radical (unpaired) electrons. The van der Waals surface area contributed by atoms with E-state index >= 15 is 0 Å². The molecule has 0 saturated carbocycles. The highest BCUT2D eigenvalue weighted by atomic mass is 16.4. The van der Waals surface area contributed by atoms with Gasteiger partial charge in [-0.3, -0.25) is 0 Å². The second-order valence-electron chi connectivity index (χ2n) is 13.3. The maximum atomic E-state index is 5.96. The minimum atomic E-state index is 0.484. The fourth-order valence-corrected chi connectivity index (χ4v) is 6.73. The maximum absolute atomic E-state index is 5.96. The Morgan fingerprint density at radius 3 is 0.804 bits per heavy atom. The molecule has 0 aliphatic carbocycles. The minimum absolute atomic E-state index is 0.484. The molecule has 264 valence electrons. The van der Waals surface area contributed by atoms with Crippen molar-refractivity contribution in [3.8, 4) is 90.6 Å². The molecule has 0 spiro atoms. The van der Waals surface area contributed by atoms with Gasteiger partial charge in [-0.25, -0.2) is 9.97 Å². The maximum Gasteiger partial charge on any atom is 0.248 e. The van der Waals surface area contributed by atoms with Crippen LogP contribution in [0.5, 0.6) is 0 Å². The van der Waals surface area contributed by atoms with Crippen LogP contribution in [0.2, 0.25) is 0 Å². The third-order valence-electron chi connectivity index (χ3n) is 9.71. The molecule has 0 unspecified atom stereocenters. The lowest BCUT2D eigenvalue weighted by Crippen LogP contribution is -1.95. The number of benzene rings is 7. The predicted molar refractivity (Wildman–Crippen MR) is 219 cm³/mol. The highest BCUT2D eigenvalue weighted by Gasteiger charge is 2.16. The van der Waals surface area contributed by atoms with Crippen molar-refractivity contribution in [2.45, 2.75) is 0 Å². The van der Waals surface area contributed by atoms with Crippen molar-refractivity contribution in [2.75, 3.05) is 0 Å². The van der Waals surface area contributed by atoms with E-state index in [1.165, 1.54) is 0 Å². The number of aromatic nitrogens is 6. The zero-order valence-electron chi connectivity index (χ0n) is 29.8. The fourth-order valence-electron chi connectivity index (χ4n) is 6.73. The largest absolute Gasteiger partial charge is 0.416 e. The summed E-state index contributed by atoms with van der Waals surface area (Å²) < 4.78 is 11.9. The van der Waals surface area contributed by atoms with Crippen molar-refractivity contribution in [1.82, 2.24) is 30.4 Å². The average Bonchev–Trinajstić information content (AvgIpc) is 3.99. The number of rotatable bonds is 8. The normalized spacial score (nSPS) is 11.2. The van der Waals surface area contributed by atoms with Crippen LogP contribution in [0.3, 0.4) is 0 Å². The quantitative estimate of drug-likeness (QED) is 0.153. The fraction of sp³-hybridized carbons (Fsp3) is 0. The molecule has 0 saturated heterocycles. The topological polar surface area (TPSA) is 104 Å². The summed E-state index contributed by atoms with van der Waals surface area (Å²) in [5.74, 6) is 1.96. The Balaban J connectivity index is 0.902. The van der Waals surface area contributed by atoms with Gasteiger partial charge in [-0.2, -0.15) is 0 Å². The van der Waals surface area contributed by atoms with E-state index in [0.29, 0.717) is 23.6 Å². The number of hydrogen-bond acceptors (Lipinski definition) is 8. The molecular formula is C48H30N6O2. The molecule has 7 aromatic carbocycles. The Hall–Kier alpha value is -7.84. The molecule has 8 heteroatoms. The summed E-state index contributed by atoms with van der Waals surface area (Å²) >= 11 is 0. The number of para-hydroxylation sites is 2. The first-order valence-electron chi connectivity index (χ1n) is 18.2. The van der Waals surface area contributed by atoms with Gasteiger partial charge in [0, 0.05) is 33.4 Å². The van der Waals surface area contributed by atoms with Gasteiger partial charge in [0.05, 0.1) is 22.4 Å². The third kappa shape index (κ3) is 6.41. The molecule has 0 aliphatic rings. The van der Waals surface area contributed by atoms with E-state index in [4.69, 9.17) is 18.8 Å². The van der Waals surface area contributed by atoms with Crippen LogP contribution in [0.4, 0.5) is 0 Å². The highest BCUT2D eigenvalue weighted by Crippen LogP contribution is 2.35. The third-order valence-corrected chi connectivity index (χ3v) is 9.71. The van der Waals surface area contributed by atoms with Crippen molar-refractivity contribution in [1.29, 1.82) is 0 Å². The van der Waals surface area contributed by atoms with Crippen LogP contribution in [-0.4, -0.2) is 30.4 Å². The van der Waals surface area contributed by atoms with Gasteiger partial charge >= 0.3 is 0 Å². The van der Waals surface area contributed by atoms with Crippen molar-refractivity contribution in [3.05, 3.63) is 182 Å².